The molecule has 8 nitrogen and oxygen atoms in total. The van der Waals surface area contributed by atoms with Gasteiger partial charge in [-0.2, -0.15) is 0 Å². The monoisotopic (exact) mass is 415 g/mol. The standard InChI is InChI=1S/C19H30ClN3O5/c1-19(2,13-24)17(26)18(27)22-8-9-23(16(25)12-20)10-11-28-15-6-4-14(21-3)5-7-15/h4-7,17,21,24,26H,8-13H2,1-3H3,(H,22,27)/t17-/m0/s1. The fourth-order valence-electron chi connectivity index (χ4n) is 2.29. The van der Waals surface area contributed by atoms with Crippen LogP contribution in [0.5, 0.6) is 5.75 Å². The average molecular weight is 416 g/mol. The summed E-state index contributed by atoms with van der Waals surface area (Å²) in [5.74, 6) is -0.371. The number of carbonyl (C=O) groups is 2. The van der Waals surface area contributed by atoms with Gasteiger partial charge in [0.05, 0.1) is 13.2 Å². The van der Waals surface area contributed by atoms with Crippen molar-refractivity contribution in [1.29, 1.82) is 0 Å². The number of ether oxygens (including phenoxy) is 1. The molecule has 0 saturated heterocycles. The number of nitrogens with zero attached hydrogens (tertiary/aromatic N) is 1. The number of hydrogen-bond donors (Lipinski definition) is 4. The van der Waals surface area contributed by atoms with Crippen molar-refractivity contribution >= 4 is 29.1 Å². The van der Waals surface area contributed by atoms with Crippen molar-refractivity contribution in [2.24, 2.45) is 5.41 Å². The summed E-state index contributed by atoms with van der Waals surface area (Å²) in [7, 11) is 1.83. The third-order valence-corrected chi connectivity index (χ3v) is 4.55. The van der Waals surface area contributed by atoms with Crippen molar-refractivity contribution in [3.63, 3.8) is 0 Å². The second-order valence-corrected chi connectivity index (χ2v) is 7.24. The lowest BCUT2D eigenvalue weighted by atomic mass is 9.87. The molecule has 1 atom stereocenters. The van der Waals surface area contributed by atoms with Crippen LogP contribution in [0.25, 0.3) is 0 Å². The summed E-state index contributed by atoms with van der Waals surface area (Å²) in [6, 6.07) is 7.41. The highest BCUT2D eigenvalue weighted by molar-refractivity contribution is 6.27. The molecule has 2 amide bonds. The van der Waals surface area contributed by atoms with Crippen molar-refractivity contribution in [3.8, 4) is 5.75 Å². The predicted octanol–water partition coefficient (Wildman–Crippen LogP) is 0.670. The minimum Gasteiger partial charge on any atom is -0.492 e. The smallest absolute Gasteiger partial charge is 0.249 e. The third-order valence-electron chi connectivity index (χ3n) is 4.32. The Morgan fingerprint density at radius 3 is 2.43 bits per heavy atom. The van der Waals surface area contributed by atoms with Crippen molar-refractivity contribution in [2.75, 3.05) is 51.1 Å². The molecule has 158 valence electrons. The molecule has 0 saturated carbocycles. The molecule has 0 aliphatic carbocycles. The first kappa shape index (κ1) is 24.0. The van der Waals surface area contributed by atoms with Crippen LogP contribution in [0.2, 0.25) is 0 Å². The number of hydrogen-bond acceptors (Lipinski definition) is 6. The Bertz CT molecular complexity index is 625. The topological polar surface area (TPSA) is 111 Å². The zero-order valence-electron chi connectivity index (χ0n) is 16.6. The van der Waals surface area contributed by atoms with E-state index in [1.165, 1.54) is 4.90 Å². The number of anilines is 1. The lowest BCUT2D eigenvalue weighted by molar-refractivity contribution is -0.137. The van der Waals surface area contributed by atoms with Crippen molar-refractivity contribution in [1.82, 2.24) is 10.2 Å². The molecule has 0 spiro atoms. The van der Waals surface area contributed by atoms with Gasteiger partial charge in [0.15, 0.2) is 0 Å². The summed E-state index contributed by atoms with van der Waals surface area (Å²) in [4.78, 5) is 25.5. The van der Waals surface area contributed by atoms with Gasteiger partial charge in [-0.05, 0) is 24.3 Å². The molecule has 0 bridgehead atoms. The van der Waals surface area contributed by atoms with E-state index < -0.39 is 17.4 Å². The molecule has 4 N–H and O–H groups in total. The molecule has 0 aliphatic rings. The molecule has 0 fully saturated rings. The van der Waals surface area contributed by atoms with Crippen molar-refractivity contribution in [2.45, 2.75) is 20.0 Å². The lowest BCUT2D eigenvalue weighted by Crippen LogP contribution is -2.48. The summed E-state index contributed by atoms with van der Waals surface area (Å²) in [5.41, 5.74) is 0.0143. The summed E-state index contributed by atoms with van der Waals surface area (Å²) in [6.45, 7) is 3.80. The van der Waals surface area contributed by atoms with Crippen molar-refractivity contribution < 1.29 is 24.5 Å². The van der Waals surface area contributed by atoms with Crippen LogP contribution in [-0.4, -0.2) is 78.8 Å². The summed E-state index contributed by atoms with van der Waals surface area (Å²) >= 11 is 5.65. The van der Waals surface area contributed by atoms with Crippen LogP contribution >= 0.6 is 11.6 Å². The quantitative estimate of drug-likeness (QED) is 0.373. The van der Waals surface area contributed by atoms with Gasteiger partial charge in [0.2, 0.25) is 11.8 Å². The Kier molecular flexibility index (Phi) is 10.1. The molecular formula is C19H30ClN3O5. The molecule has 0 unspecified atom stereocenters. The molecule has 1 aromatic rings. The second kappa shape index (κ2) is 11.7. The van der Waals surface area contributed by atoms with Gasteiger partial charge < -0.3 is 30.5 Å². The number of aliphatic hydroxyl groups excluding tert-OH is 2. The van der Waals surface area contributed by atoms with Gasteiger partial charge in [0.25, 0.3) is 0 Å². The number of nitrogens with one attached hydrogen (secondary N) is 2. The second-order valence-electron chi connectivity index (χ2n) is 6.98. The molecule has 0 radical (unpaired) electrons. The van der Waals surface area contributed by atoms with Gasteiger partial charge in [-0.1, -0.05) is 13.8 Å². The molecule has 9 heteroatoms. The summed E-state index contributed by atoms with van der Waals surface area (Å²) < 4.78 is 5.64. The minimum atomic E-state index is -1.35. The first-order valence-electron chi connectivity index (χ1n) is 9.06. The number of alkyl halides is 1. The molecular weight excluding hydrogens is 386 g/mol. The summed E-state index contributed by atoms with van der Waals surface area (Å²) in [5, 5.41) is 24.8. The van der Waals surface area contributed by atoms with Gasteiger partial charge in [-0.15, -0.1) is 11.6 Å². The van der Waals surface area contributed by atoms with Crippen LogP contribution < -0.4 is 15.4 Å². The Morgan fingerprint density at radius 2 is 1.89 bits per heavy atom. The van der Waals surface area contributed by atoms with Crippen LogP contribution in [-0.2, 0) is 9.59 Å². The third kappa shape index (κ3) is 7.53. The largest absolute Gasteiger partial charge is 0.492 e. The minimum absolute atomic E-state index is 0.150. The fourth-order valence-corrected chi connectivity index (χ4v) is 2.46. The summed E-state index contributed by atoms with van der Waals surface area (Å²) in [6.07, 6.45) is -1.35. The first-order chi connectivity index (χ1) is 13.2. The van der Waals surface area contributed by atoms with E-state index in [4.69, 9.17) is 16.3 Å². The number of halogens is 1. The number of aliphatic hydroxyl groups is 2. The van der Waals surface area contributed by atoms with Crippen LogP contribution in [0.4, 0.5) is 5.69 Å². The highest BCUT2D eigenvalue weighted by Crippen LogP contribution is 2.19. The van der Waals surface area contributed by atoms with Gasteiger partial charge in [0, 0.05) is 31.2 Å². The van der Waals surface area contributed by atoms with Crippen LogP contribution in [0.1, 0.15) is 13.8 Å². The van der Waals surface area contributed by atoms with E-state index in [-0.39, 0.29) is 38.1 Å². The van der Waals surface area contributed by atoms with E-state index in [0.717, 1.165) is 5.69 Å². The maximum Gasteiger partial charge on any atom is 0.249 e. The Balaban J connectivity index is 2.48. The highest BCUT2D eigenvalue weighted by atomic mass is 35.5. The molecule has 1 rings (SSSR count). The molecule has 0 aromatic heterocycles. The molecule has 28 heavy (non-hydrogen) atoms. The lowest BCUT2D eigenvalue weighted by Gasteiger charge is -2.28. The van der Waals surface area contributed by atoms with Gasteiger partial charge in [0.1, 0.15) is 24.3 Å². The maximum absolute atomic E-state index is 12.0. The number of benzene rings is 1. The van der Waals surface area contributed by atoms with Gasteiger partial charge in [-0.25, -0.2) is 0 Å². The van der Waals surface area contributed by atoms with E-state index >= 15 is 0 Å². The predicted molar refractivity (Wildman–Crippen MR) is 109 cm³/mol. The van der Waals surface area contributed by atoms with E-state index in [0.29, 0.717) is 12.3 Å². The molecule has 0 aliphatic heterocycles. The highest BCUT2D eigenvalue weighted by Gasteiger charge is 2.32. The SMILES string of the molecule is CNc1ccc(OCCN(CCNC(=O)[C@H](O)C(C)(C)CO)C(=O)CCl)cc1. The van der Waals surface area contributed by atoms with E-state index in [9.17, 15) is 19.8 Å². The van der Waals surface area contributed by atoms with E-state index in [1.807, 2.05) is 31.3 Å². The van der Waals surface area contributed by atoms with E-state index in [2.05, 4.69) is 10.6 Å². The number of rotatable bonds is 12. The molecule has 0 heterocycles. The Morgan fingerprint density at radius 1 is 1.25 bits per heavy atom. The van der Waals surface area contributed by atoms with Crippen molar-refractivity contribution in [3.05, 3.63) is 24.3 Å². The van der Waals surface area contributed by atoms with Crippen LogP contribution in [0.15, 0.2) is 24.3 Å². The normalized spacial score (nSPS) is 12.2. The van der Waals surface area contributed by atoms with Gasteiger partial charge in [-0.3, -0.25) is 9.59 Å². The Hall–Kier alpha value is -2.03. The zero-order chi connectivity index (χ0) is 21.2. The fraction of sp³-hybridized carbons (Fsp3) is 0.579. The maximum atomic E-state index is 12.0. The number of carbonyl (C=O) groups excluding carboxylic acids is 2. The number of amides is 2. The zero-order valence-corrected chi connectivity index (χ0v) is 17.3. The van der Waals surface area contributed by atoms with Gasteiger partial charge >= 0.3 is 0 Å². The average Bonchev–Trinajstić information content (AvgIpc) is 2.71. The van der Waals surface area contributed by atoms with Crippen LogP contribution in [0.3, 0.4) is 0 Å². The van der Waals surface area contributed by atoms with E-state index in [1.54, 1.807) is 13.8 Å². The first-order valence-corrected chi connectivity index (χ1v) is 9.59. The Labute approximate surface area is 170 Å². The molecule has 1 aromatic carbocycles. The van der Waals surface area contributed by atoms with Crippen LogP contribution in [0, 0.1) is 5.41 Å².